The molecular weight excluding hydrogens is 371 g/mol. The number of nitrogens with one attached hydrogen (secondary N) is 1. The van der Waals surface area contributed by atoms with Crippen LogP contribution in [0.4, 0.5) is 9.18 Å². The van der Waals surface area contributed by atoms with Crippen LogP contribution in [0, 0.1) is 5.82 Å². The van der Waals surface area contributed by atoms with Crippen LogP contribution in [0.15, 0.2) is 42.7 Å². The third-order valence-electron chi connectivity index (χ3n) is 4.75. The number of nitrogens with two attached hydrogens (primary N) is 1. The zero-order valence-electron chi connectivity index (χ0n) is 14.2. The predicted octanol–water partition coefficient (Wildman–Crippen LogP) is 0.445. The van der Waals surface area contributed by atoms with Gasteiger partial charge in [0.25, 0.3) is 17.7 Å². The molecule has 2 aromatic rings. The van der Waals surface area contributed by atoms with E-state index >= 15 is 0 Å². The first-order valence-electron chi connectivity index (χ1n) is 8.20. The summed E-state index contributed by atoms with van der Waals surface area (Å²) < 4.78 is 19.5. The van der Waals surface area contributed by atoms with Crippen LogP contribution in [0.2, 0.25) is 0 Å². The van der Waals surface area contributed by atoms with Crippen molar-refractivity contribution >= 4 is 23.8 Å². The van der Waals surface area contributed by atoms with Gasteiger partial charge in [0.2, 0.25) is 0 Å². The highest BCUT2D eigenvalue weighted by atomic mass is 19.1. The molecule has 1 saturated heterocycles. The molecule has 1 fully saturated rings. The molecule has 1 spiro atoms. The van der Waals surface area contributed by atoms with Crippen LogP contribution in [-0.4, -0.2) is 39.7 Å². The molecule has 10 heteroatoms. The molecule has 0 radical (unpaired) electrons. The molecule has 2 aliphatic heterocycles. The van der Waals surface area contributed by atoms with Crippen molar-refractivity contribution in [3.05, 3.63) is 59.7 Å². The maximum Gasteiger partial charge on any atom is 0.332 e. The maximum atomic E-state index is 14.0. The standard InChI is InChI=1S/C18H13FN4O5/c19-10-3-4-12-11(6-10)18(7-13(28-12)14(20)24)16(26)22-17(27)23(18)15(25)9-2-1-5-21-8-9/h1-6,8,13H,7H2,(H2,20,24)(H,22,26,27). The Hall–Kier alpha value is -3.82. The zero-order chi connectivity index (χ0) is 20.1. The molecule has 142 valence electrons. The number of halogens is 1. The van der Waals surface area contributed by atoms with Crippen LogP contribution in [-0.2, 0) is 15.1 Å². The monoisotopic (exact) mass is 384 g/mol. The van der Waals surface area contributed by atoms with E-state index in [2.05, 4.69) is 10.3 Å². The Labute approximate surface area is 157 Å². The lowest BCUT2D eigenvalue weighted by atomic mass is 9.80. The summed E-state index contributed by atoms with van der Waals surface area (Å²) in [5.41, 5.74) is 3.35. The van der Waals surface area contributed by atoms with Crippen LogP contribution in [0.1, 0.15) is 22.3 Å². The highest BCUT2D eigenvalue weighted by molar-refractivity contribution is 6.18. The molecule has 5 amide bonds. The first-order valence-corrected chi connectivity index (χ1v) is 8.20. The van der Waals surface area contributed by atoms with Crippen molar-refractivity contribution in [3.8, 4) is 5.75 Å². The molecule has 2 atom stereocenters. The summed E-state index contributed by atoms with van der Waals surface area (Å²) in [6.45, 7) is 0. The minimum atomic E-state index is -1.99. The lowest BCUT2D eigenvalue weighted by Crippen LogP contribution is -2.56. The fraction of sp³-hybridized carbons (Fsp3) is 0.167. The molecular formula is C18H13FN4O5. The van der Waals surface area contributed by atoms with Gasteiger partial charge in [0, 0.05) is 24.4 Å². The fourth-order valence-electron chi connectivity index (χ4n) is 3.50. The number of hydrogen-bond donors (Lipinski definition) is 2. The number of imide groups is 2. The van der Waals surface area contributed by atoms with Crippen LogP contribution in [0.3, 0.4) is 0 Å². The Morgan fingerprint density at radius 2 is 2.11 bits per heavy atom. The van der Waals surface area contributed by atoms with Gasteiger partial charge < -0.3 is 10.5 Å². The van der Waals surface area contributed by atoms with E-state index in [4.69, 9.17) is 10.5 Å². The summed E-state index contributed by atoms with van der Waals surface area (Å²) in [4.78, 5) is 54.8. The van der Waals surface area contributed by atoms with Gasteiger partial charge in [0.15, 0.2) is 11.6 Å². The lowest BCUT2D eigenvalue weighted by molar-refractivity contribution is -0.133. The van der Waals surface area contributed by atoms with Crippen LogP contribution in [0.5, 0.6) is 5.75 Å². The van der Waals surface area contributed by atoms with Crippen LogP contribution < -0.4 is 15.8 Å². The van der Waals surface area contributed by atoms with Crippen molar-refractivity contribution in [2.75, 3.05) is 0 Å². The number of primary amides is 1. The van der Waals surface area contributed by atoms with Crippen molar-refractivity contribution in [1.29, 1.82) is 0 Å². The Kier molecular flexibility index (Phi) is 3.84. The maximum absolute atomic E-state index is 14.0. The molecule has 9 nitrogen and oxygen atoms in total. The SMILES string of the molecule is NC(=O)C1CC2(C(=O)NC(=O)N2C(=O)c2cccnc2)c2cc(F)ccc2O1. The number of carbonyl (C=O) groups excluding carboxylic acids is 4. The number of urea groups is 1. The summed E-state index contributed by atoms with van der Waals surface area (Å²) in [7, 11) is 0. The van der Waals surface area contributed by atoms with Gasteiger partial charge in [-0.25, -0.2) is 14.1 Å². The number of amides is 5. The van der Waals surface area contributed by atoms with E-state index in [1.165, 1.54) is 30.6 Å². The highest BCUT2D eigenvalue weighted by Gasteiger charge is 2.61. The van der Waals surface area contributed by atoms with Crippen LogP contribution in [0.25, 0.3) is 0 Å². The van der Waals surface area contributed by atoms with E-state index in [0.29, 0.717) is 4.90 Å². The lowest BCUT2D eigenvalue weighted by Gasteiger charge is -2.40. The van der Waals surface area contributed by atoms with Crippen molar-refractivity contribution in [3.63, 3.8) is 0 Å². The largest absolute Gasteiger partial charge is 0.480 e. The number of pyridine rings is 1. The molecule has 4 rings (SSSR count). The third-order valence-corrected chi connectivity index (χ3v) is 4.75. The average Bonchev–Trinajstić information content (AvgIpc) is 2.92. The second-order valence-electron chi connectivity index (χ2n) is 6.36. The van der Waals surface area contributed by atoms with Gasteiger partial charge in [-0.05, 0) is 30.3 Å². The minimum absolute atomic E-state index is 0.0229. The fourth-order valence-corrected chi connectivity index (χ4v) is 3.50. The number of benzene rings is 1. The smallest absolute Gasteiger partial charge is 0.332 e. The molecule has 2 aliphatic rings. The van der Waals surface area contributed by atoms with E-state index in [1.807, 2.05) is 0 Å². The van der Waals surface area contributed by atoms with E-state index in [0.717, 1.165) is 12.1 Å². The third kappa shape index (κ3) is 2.42. The van der Waals surface area contributed by atoms with Gasteiger partial charge in [-0.15, -0.1) is 0 Å². The number of ether oxygens (including phenoxy) is 1. The summed E-state index contributed by atoms with van der Waals surface area (Å²) in [6, 6.07) is 5.17. The Bertz CT molecular complexity index is 1030. The summed E-state index contributed by atoms with van der Waals surface area (Å²) in [5.74, 6) is -3.34. The molecule has 0 saturated carbocycles. The van der Waals surface area contributed by atoms with Crippen molar-refractivity contribution in [1.82, 2.24) is 15.2 Å². The highest BCUT2D eigenvalue weighted by Crippen LogP contribution is 2.46. The number of rotatable bonds is 2. The summed E-state index contributed by atoms with van der Waals surface area (Å²) >= 11 is 0. The molecule has 3 N–H and O–H groups in total. The van der Waals surface area contributed by atoms with Crippen molar-refractivity contribution in [2.45, 2.75) is 18.1 Å². The number of hydrogen-bond acceptors (Lipinski definition) is 6. The van der Waals surface area contributed by atoms with Gasteiger partial charge >= 0.3 is 6.03 Å². The molecule has 3 heterocycles. The van der Waals surface area contributed by atoms with Gasteiger partial charge in [0.1, 0.15) is 11.6 Å². The summed E-state index contributed by atoms with van der Waals surface area (Å²) in [5, 5.41) is 2.07. The number of fused-ring (bicyclic) bond motifs is 2. The Balaban J connectivity index is 1.94. The Morgan fingerprint density at radius 1 is 1.32 bits per heavy atom. The van der Waals surface area contributed by atoms with Crippen molar-refractivity contribution in [2.24, 2.45) is 5.73 Å². The topological polar surface area (TPSA) is 132 Å². The molecule has 28 heavy (non-hydrogen) atoms. The first kappa shape index (κ1) is 17.6. The quantitative estimate of drug-likeness (QED) is 0.723. The minimum Gasteiger partial charge on any atom is -0.480 e. The second kappa shape index (κ2) is 6.12. The van der Waals surface area contributed by atoms with E-state index in [-0.39, 0.29) is 16.9 Å². The molecule has 1 aromatic heterocycles. The first-order chi connectivity index (χ1) is 13.3. The van der Waals surface area contributed by atoms with Gasteiger partial charge in [-0.3, -0.25) is 24.7 Å². The molecule has 0 aliphatic carbocycles. The molecule has 1 aromatic carbocycles. The van der Waals surface area contributed by atoms with Crippen molar-refractivity contribution < 1.29 is 28.3 Å². The number of aromatic nitrogens is 1. The summed E-state index contributed by atoms with van der Waals surface area (Å²) in [6.07, 6.45) is 0.911. The zero-order valence-corrected chi connectivity index (χ0v) is 14.2. The number of nitrogens with zero attached hydrogens (tertiary/aromatic N) is 2. The Morgan fingerprint density at radius 3 is 2.79 bits per heavy atom. The van der Waals surface area contributed by atoms with Gasteiger partial charge in [0.05, 0.1) is 5.56 Å². The van der Waals surface area contributed by atoms with Gasteiger partial charge in [-0.1, -0.05) is 0 Å². The molecule has 0 bridgehead atoms. The van der Waals surface area contributed by atoms with Gasteiger partial charge in [-0.2, -0.15) is 0 Å². The van der Waals surface area contributed by atoms with E-state index in [1.54, 1.807) is 0 Å². The normalized spacial score (nSPS) is 23.2. The van der Waals surface area contributed by atoms with E-state index in [9.17, 15) is 23.6 Å². The number of carbonyl (C=O) groups is 4. The molecule has 2 unspecified atom stereocenters. The van der Waals surface area contributed by atoms with Crippen LogP contribution >= 0.6 is 0 Å². The average molecular weight is 384 g/mol. The van der Waals surface area contributed by atoms with E-state index < -0.39 is 47.6 Å². The predicted molar refractivity (Wildman–Crippen MR) is 90.3 cm³/mol. The second-order valence-corrected chi connectivity index (χ2v) is 6.36.